The quantitative estimate of drug-likeness (QED) is 0.854. The lowest BCUT2D eigenvalue weighted by Crippen LogP contribution is -2.32. The average Bonchev–Trinajstić information content (AvgIpc) is 2.83. The Morgan fingerprint density at radius 2 is 2.18 bits per heavy atom. The Hall–Kier alpha value is -1.50. The van der Waals surface area contributed by atoms with Crippen LogP contribution in [0, 0.1) is 0 Å². The van der Waals surface area contributed by atoms with Crippen molar-refractivity contribution in [3.63, 3.8) is 0 Å². The molecule has 1 N–H and O–H groups in total. The molecule has 1 aromatic heterocycles. The van der Waals surface area contributed by atoms with Crippen LogP contribution in [0.1, 0.15) is 0 Å². The molecule has 1 fully saturated rings. The third-order valence-electron chi connectivity index (χ3n) is 2.33. The van der Waals surface area contributed by atoms with Gasteiger partial charge in [-0.25, -0.2) is 14.8 Å². The molecule has 2 rings (SSSR count). The van der Waals surface area contributed by atoms with E-state index in [2.05, 4.69) is 15.3 Å². The van der Waals surface area contributed by atoms with Gasteiger partial charge in [0.1, 0.15) is 0 Å². The monoisotopic (exact) mass is 253 g/mol. The standard InChI is InChI=1S/C10H15N5OS/c1-14(2)9-11-5-8(6-12-9)13-10(16)15-3-4-17-7-15/h5-6H,3-4,7H2,1-2H3,(H,13,16). The van der Waals surface area contributed by atoms with E-state index in [1.165, 1.54) is 0 Å². The Labute approximate surface area is 104 Å². The molecule has 6 nitrogen and oxygen atoms in total. The van der Waals surface area contributed by atoms with Crippen molar-refractivity contribution in [2.24, 2.45) is 0 Å². The molecule has 1 aliphatic rings. The van der Waals surface area contributed by atoms with Crippen LogP contribution in [0.3, 0.4) is 0 Å². The molecule has 1 aliphatic heterocycles. The number of carbonyl (C=O) groups excluding carboxylic acids is 1. The van der Waals surface area contributed by atoms with Crippen molar-refractivity contribution >= 4 is 29.4 Å². The molecule has 0 radical (unpaired) electrons. The summed E-state index contributed by atoms with van der Waals surface area (Å²) >= 11 is 1.75. The van der Waals surface area contributed by atoms with Crippen LogP contribution in [0.4, 0.5) is 16.4 Å². The summed E-state index contributed by atoms with van der Waals surface area (Å²) in [6.45, 7) is 0.799. The van der Waals surface area contributed by atoms with Crippen molar-refractivity contribution < 1.29 is 4.79 Å². The van der Waals surface area contributed by atoms with Gasteiger partial charge in [0.25, 0.3) is 0 Å². The van der Waals surface area contributed by atoms with Gasteiger partial charge in [-0.15, -0.1) is 11.8 Å². The Morgan fingerprint density at radius 3 is 2.71 bits per heavy atom. The predicted octanol–water partition coefficient (Wildman–Crippen LogP) is 1.08. The zero-order valence-corrected chi connectivity index (χ0v) is 10.7. The van der Waals surface area contributed by atoms with Crippen molar-refractivity contribution in [3.05, 3.63) is 12.4 Å². The maximum atomic E-state index is 11.8. The van der Waals surface area contributed by atoms with E-state index in [1.807, 2.05) is 19.0 Å². The molecule has 2 amide bonds. The van der Waals surface area contributed by atoms with E-state index in [9.17, 15) is 4.79 Å². The number of thioether (sulfide) groups is 1. The number of nitrogens with one attached hydrogen (secondary N) is 1. The first-order valence-electron chi connectivity index (χ1n) is 5.30. The molecule has 0 unspecified atom stereocenters. The number of amides is 2. The average molecular weight is 253 g/mol. The molecule has 17 heavy (non-hydrogen) atoms. The fourth-order valence-electron chi connectivity index (χ4n) is 1.39. The van der Waals surface area contributed by atoms with Gasteiger partial charge in [0.15, 0.2) is 0 Å². The minimum atomic E-state index is -0.0868. The summed E-state index contributed by atoms with van der Waals surface area (Å²) in [5.74, 6) is 2.38. The molecule has 92 valence electrons. The molecule has 0 aromatic carbocycles. The highest BCUT2D eigenvalue weighted by molar-refractivity contribution is 7.99. The van der Waals surface area contributed by atoms with Crippen molar-refractivity contribution in [1.82, 2.24) is 14.9 Å². The second kappa shape index (κ2) is 5.22. The number of nitrogens with zero attached hydrogens (tertiary/aromatic N) is 4. The topological polar surface area (TPSA) is 61.4 Å². The van der Waals surface area contributed by atoms with E-state index in [1.54, 1.807) is 29.1 Å². The fourth-order valence-corrected chi connectivity index (χ4v) is 2.34. The first-order valence-corrected chi connectivity index (χ1v) is 6.45. The normalized spacial score (nSPS) is 14.8. The lowest BCUT2D eigenvalue weighted by Gasteiger charge is -2.15. The molecule has 2 heterocycles. The Morgan fingerprint density at radius 1 is 1.47 bits per heavy atom. The van der Waals surface area contributed by atoms with Crippen LogP contribution in [0.15, 0.2) is 12.4 Å². The van der Waals surface area contributed by atoms with Crippen LogP contribution >= 0.6 is 11.8 Å². The van der Waals surface area contributed by atoms with Gasteiger partial charge in [0.05, 0.1) is 24.0 Å². The van der Waals surface area contributed by atoms with Gasteiger partial charge in [0.2, 0.25) is 5.95 Å². The van der Waals surface area contributed by atoms with Crippen molar-refractivity contribution in [2.45, 2.75) is 0 Å². The zero-order chi connectivity index (χ0) is 12.3. The molecule has 1 aromatic rings. The van der Waals surface area contributed by atoms with Gasteiger partial charge >= 0.3 is 6.03 Å². The van der Waals surface area contributed by atoms with Gasteiger partial charge in [-0.3, -0.25) is 0 Å². The smallest absolute Gasteiger partial charge is 0.322 e. The lowest BCUT2D eigenvalue weighted by atomic mass is 10.5. The number of aromatic nitrogens is 2. The van der Waals surface area contributed by atoms with E-state index < -0.39 is 0 Å². The van der Waals surface area contributed by atoms with Crippen LogP contribution in [-0.4, -0.2) is 53.2 Å². The minimum absolute atomic E-state index is 0.0868. The number of rotatable bonds is 2. The van der Waals surface area contributed by atoms with Crippen LogP contribution in [-0.2, 0) is 0 Å². The maximum absolute atomic E-state index is 11.8. The number of carbonyl (C=O) groups is 1. The summed E-state index contributed by atoms with van der Waals surface area (Å²) in [6.07, 6.45) is 3.23. The van der Waals surface area contributed by atoms with Crippen molar-refractivity contribution in [2.75, 3.05) is 42.5 Å². The van der Waals surface area contributed by atoms with Crippen molar-refractivity contribution in [3.8, 4) is 0 Å². The first kappa shape index (κ1) is 12.0. The summed E-state index contributed by atoms with van der Waals surface area (Å²) < 4.78 is 0. The molecule has 0 saturated carbocycles. The Kier molecular flexibility index (Phi) is 3.68. The summed E-state index contributed by atoms with van der Waals surface area (Å²) in [5.41, 5.74) is 0.623. The minimum Gasteiger partial charge on any atom is -0.347 e. The summed E-state index contributed by atoms with van der Waals surface area (Å²) in [4.78, 5) is 23.6. The van der Waals surface area contributed by atoms with Crippen LogP contribution < -0.4 is 10.2 Å². The SMILES string of the molecule is CN(C)c1ncc(NC(=O)N2CCSC2)cn1. The van der Waals surface area contributed by atoms with Gasteiger partial charge < -0.3 is 15.1 Å². The van der Waals surface area contributed by atoms with E-state index in [0.29, 0.717) is 11.6 Å². The lowest BCUT2D eigenvalue weighted by molar-refractivity contribution is 0.225. The first-order chi connectivity index (χ1) is 8.16. The summed E-state index contributed by atoms with van der Waals surface area (Å²) in [5, 5.41) is 2.78. The molecule has 0 aliphatic carbocycles. The van der Waals surface area contributed by atoms with E-state index >= 15 is 0 Å². The largest absolute Gasteiger partial charge is 0.347 e. The third-order valence-corrected chi connectivity index (χ3v) is 3.29. The molecular weight excluding hydrogens is 238 g/mol. The van der Waals surface area contributed by atoms with Crippen LogP contribution in [0.25, 0.3) is 0 Å². The second-order valence-electron chi connectivity index (χ2n) is 3.90. The van der Waals surface area contributed by atoms with Gasteiger partial charge in [-0.1, -0.05) is 0 Å². The fraction of sp³-hybridized carbons (Fsp3) is 0.500. The van der Waals surface area contributed by atoms with E-state index in [-0.39, 0.29) is 6.03 Å². The van der Waals surface area contributed by atoms with Gasteiger partial charge in [0, 0.05) is 26.4 Å². The second-order valence-corrected chi connectivity index (χ2v) is 4.97. The molecule has 0 atom stereocenters. The number of hydrogen-bond acceptors (Lipinski definition) is 5. The third kappa shape index (κ3) is 3.00. The molecular formula is C10H15N5OS. The van der Waals surface area contributed by atoms with Crippen LogP contribution in [0.5, 0.6) is 0 Å². The Balaban J connectivity index is 1.96. The molecule has 7 heteroatoms. The molecule has 0 bridgehead atoms. The van der Waals surface area contributed by atoms with Crippen LogP contribution in [0.2, 0.25) is 0 Å². The molecule has 0 spiro atoms. The van der Waals surface area contributed by atoms with E-state index in [4.69, 9.17) is 0 Å². The highest BCUT2D eigenvalue weighted by atomic mass is 32.2. The van der Waals surface area contributed by atoms with Gasteiger partial charge in [-0.2, -0.15) is 0 Å². The predicted molar refractivity (Wildman–Crippen MR) is 69.4 cm³/mol. The summed E-state index contributed by atoms with van der Waals surface area (Å²) in [7, 11) is 3.74. The van der Waals surface area contributed by atoms with E-state index in [0.717, 1.165) is 18.2 Å². The zero-order valence-electron chi connectivity index (χ0n) is 9.88. The molecule has 1 saturated heterocycles. The van der Waals surface area contributed by atoms with Crippen molar-refractivity contribution in [1.29, 1.82) is 0 Å². The highest BCUT2D eigenvalue weighted by Crippen LogP contribution is 2.15. The maximum Gasteiger partial charge on any atom is 0.322 e. The van der Waals surface area contributed by atoms with Gasteiger partial charge in [-0.05, 0) is 0 Å². The number of anilines is 2. The number of urea groups is 1. The Bertz CT molecular complexity index is 388. The number of hydrogen-bond donors (Lipinski definition) is 1. The highest BCUT2D eigenvalue weighted by Gasteiger charge is 2.18. The summed E-state index contributed by atoms with van der Waals surface area (Å²) in [6, 6.07) is -0.0868.